The van der Waals surface area contributed by atoms with E-state index >= 15 is 0 Å². The van der Waals surface area contributed by atoms with Crippen molar-refractivity contribution in [1.29, 1.82) is 0 Å². The van der Waals surface area contributed by atoms with Crippen molar-refractivity contribution in [2.45, 2.75) is 0 Å². The van der Waals surface area contributed by atoms with Gasteiger partial charge in [-0.1, -0.05) is 30.4 Å². The van der Waals surface area contributed by atoms with E-state index in [2.05, 4.69) is 62.8 Å². The number of nitrogens with two attached hydrogens (primary N) is 1. The second-order valence-electron chi connectivity index (χ2n) is 6.90. The quantitative estimate of drug-likeness (QED) is 0.281. The molecule has 0 fully saturated rings. The van der Waals surface area contributed by atoms with Crippen molar-refractivity contribution >= 4 is 51.2 Å². The summed E-state index contributed by atoms with van der Waals surface area (Å²) in [6, 6.07) is 22.2. The Kier molecular flexibility index (Phi) is 4.18. The van der Waals surface area contributed by atoms with Crippen LogP contribution in [0.25, 0.3) is 34.0 Å². The third kappa shape index (κ3) is 3.53. The van der Waals surface area contributed by atoms with Crippen LogP contribution < -0.4 is 11.1 Å². The van der Waals surface area contributed by atoms with E-state index in [0.29, 0.717) is 0 Å². The van der Waals surface area contributed by atoms with Gasteiger partial charge < -0.3 is 16.0 Å². The molecule has 0 saturated carbocycles. The number of H-pyrrole nitrogens is 1. The molecule has 0 radical (unpaired) electrons. The van der Waals surface area contributed by atoms with Crippen molar-refractivity contribution in [3.8, 4) is 0 Å². The number of hydrogen-bond donors (Lipinski definition) is 3. The highest BCUT2D eigenvalue weighted by molar-refractivity contribution is 5.93. The minimum atomic E-state index is 0.763. The molecule has 29 heavy (non-hydrogen) atoms. The molecule has 0 amide bonds. The number of anilines is 3. The van der Waals surface area contributed by atoms with Crippen LogP contribution in [0, 0.1) is 0 Å². The molecule has 5 nitrogen and oxygen atoms in total. The third-order valence-electron chi connectivity index (χ3n) is 4.88. The van der Waals surface area contributed by atoms with Gasteiger partial charge in [0.1, 0.15) is 12.1 Å². The summed E-state index contributed by atoms with van der Waals surface area (Å²) in [5.41, 5.74) is 11.7. The van der Waals surface area contributed by atoms with Gasteiger partial charge in [-0.15, -0.1) is 0 Å². The van der Waals surface area contributed by atoms with Gasteiger partial charge in [0, 0.05) is 33.9 Å². The number of rotatable bonds is 4. The molecule has 0 aliphatic carbocycles. The Hall–Kier alpha value is -4.12. The maximum Gasteiger partial charge on any atom is 0.141 e. The van der Waals surface area contributed by atoms with Crippen LogP contribution >= 0.6 is 0 Å². The number of aromatic amines is 1. The molecule has 2 aromatic heterocycles. The van der Waals surface area contributed by atoms with E-state index in [1.54, 1.807) is 6.33 Å². The van der Waals surface area contributed by atoms with Crippen LogP contribution in [-0.2, 0) is 0 Å². The summed E-state index contributed by atoms with van der Waals surface area (Å²) in [7, 11) is 0. The number of aromatic nitrogens is 3. The fourth-order valence-corrected chi connectivity index (χ4v) is 3.34. The van der Waals surface area contributed by atoms with Crippen LogP contribution in [0.1, 0.15) is 11.1 Å². The molecule has 0 saturated heterocycles. The van der Waals surface area contributed by atoms with Gasteiger partial charge in [-0.2, -0.15) is 0 Å². The van der Waals surface area contributed by atoms with E-state index in [-0.39, 0.29) is 0 Å². The minimum Gasteiger partial charge on any atom is -0.399 e. The zero-order valence-corrected chi connectivity index (χ0v) is 15.6. The highest BCUT2D eigenvalue weighted by Gasteiger charge is 2.06. The largest absolute Gasteiger partial charge is 0.399 e. The van der Waals surface area contributed by atoms with Crippen LogP contribution in [0.2, 0.25) is 0 Å². The van der Waals surface area contributed by atoms with E-state index in [1.807, 2.05) is 42.6 Å². The van der Waals surface area contributed by atoms with Gasteiger partial charge in [0.15, 0.2) is 0 Å². The van der Waals surface area contributed by atoms with Gasteiger partial charge in [-0.05, 0) is 59.7 Å². The molecule has 2 heterocycles. The highest BCUT2D eigenvalue weighted by atomic mass is 15.0. The number of fused-ring (bicyclic) bond motifs is 2. The van der Waals surface area contributed by atoms with E-state index in [9.17, 15) is 0 Å². The monoisotopic (exact) mass is 377 g/mol. The smallest absolute Gasteiger partial charge is 0.141 e. The maximum atomic E-state index is 5.75. The average Bonchev–Trinajstić information content (AvgIpc) is 3.21. The molecule has 0 unspecified atom stereocenters. The van der Waals surface area contributed by atoms with Gasteiger partial charge in [0.2, 0.25) is 0 Å². The van der Waals surface area contributed by atoms with E-state index < -0.39 is 0 Å². The zero-order valence-electron chi connectivity index (χ0n) is 15.6. The van der Waals surface area contributed by atoms with Crippen LogP contribution in [0.4, 0.5) is 17.2 Å². The molecule has 0 aliphatic rings. The van der Waals surface area contributed by atoms with Gasteiger partial charge >= 0.3 is 0 Å². The lowest BCUT2D eigenvalue weighted by atomic mass is 10.1. The number of benzene rings is 3. The lowest BCUT2D eigenvalue weighted by molar-refractivity contribution is 1.22. The number of nitrogen functional groups attached to an aromatic ring is 1. The van der Waals surface area contributed by atoms with Gasteiger partial charge in [0.05, 0.1) is 5.52 Å². The van der Waals surface area contributed by atoms with Crippen molar-refractivity contribution < 1.29 is 0 Å². The van der Waals surface area contributed by atoms with Crippen molar-refractivity contribution in [3.05, 3.63) is 90.4 Å². The Morgan fingerprint density at radius 2 is 1.66 bits per heavy atom. The SMILES string of the molecule is Nc1ccc(C=Cc2ccc3ncnc(Nc4ccc5[nH]ccc5c4)c3c2)cc1. The number of hydrogen-bond acceptors (Lipinski definition) is 4. The molecule has 5 aromatic rings. The van der Waals surface area contributed by atoms with Crippen LogP contribution in [0.15, 0.2) is 79.3 Å². The standard InChI is InChI=1S/C24H19N5/c25-19-6-3-16(4-7-19)1-2-17-5-9-23-21(13-17)24(28-15-27-23)29-20-8-10-22-18(14-20)11-12-26-22/h1-15,26H,25H2,(H,27,28,29). The summed E-state index contributed by atoms with van der Waals surface area (Å²) >= 11 is 0. The molecule has 5 rings (SSSR count). The first kappa shape index (κ1) is 17.0. The predicted molar refractivity (Wildman–Crippen MR) is 121 cm³/mol. The Bertz CT molecular complexity index is 1330. The second-order valence-corrected chi connectivity index (χ2v) is 6.90. The van der Waals surface area contributed by atoms with E-state index in [4.69, 9.17) is 5.73 Å². The zero-order chi connectivity index (χ0) is 19.6. The lowest BCUT2D eigenvalue weighted by Crippen LogP contribution is -1.96. The van der Waals surface area contributed by atoms with Crippen molar-refractivity contribution in [2.75, 3.05) is 11.1 Å². The predicted octanol–water partition coefficient (Wildman–Crippen LogP) is 5.61. The average molecular weight is 377 g/mol. The van der Waals surface area contributed by atoms with E-state index in [1.165, 1.54) is 0 Å². The van der Waals surface area contributed by atoms with Crippen molar-refractivity contribution in [1.82, 2.24) is 15.0 Å². The lowest BCUT2D eigenvalue weighted by Gasteiger charge is -2.09. The maximum absolute atomic E-state index is 5.75. The molecular formula is C24H19N5. The summed E-state index contributed by atoms with van der Waals surface area (Å²) in [6.45, 7) is 0. The molecule has 4 N–H and O–H groups in total. The Labute approximate surface area is 167 Å². The molecule has 3 aromatic carbocycles. The van der Waals surface area contributed by atoms with Crippen LogP contribution in [0.5, 0.6) is 0 Å². The number of nitrogens with one attached hydrogen (secondary N) is 2. The van der Waals surface area contributed by atoms with Crippen LogP contribution in [-0.4, -0.2) is 15.0 Å². The third-order valence-corrected chi connectivity index (χ3v) is 4.88. The summed E-state index contributed by atoms with van der Waals surface area (Å²) in [5.74, 6) is 0.785. The summed E-state index contributed by atoms with van der Waals surface area (Å²) < 4.78 is 0. The molecular weight excluding hydrogens is 358 g/mol. The molecule has 0 aliphatic heterocycles. The first-order valence-corrected chi connectivity index (χ1v) is 9.37. The Balaban J connectivity index is 1.48. The Morgan fingerprint density at radius 1 is 0.828 bits per heavy atom. The topological polar surface area (TPSA) is 79.6 Å². The summed E-state index contributed by atoms with van der Waals surface area (Å²) in [5, 5.41) is 5.56. The Morgan fingerprint density at radius 3 is 2.55 bits per heavy atom. The van der Waals surface area contributed by atoms with Crippen molar-refractivity contribution in [2.24, 2.45) is 0 Å². The highest BCUT2D eigenvalue weighted by Crippen LogP contribution is 2.26. The van der Waals surface area contributed by atoms with Gasteiger partial charge in [-0.25, -0.2) is 9.97 Å². The van der Waals surface area contributed by atoms with E-state index in [0.717, 1.165) is 50.1 Å². The molecule has 140 valence electrons. The first-order valence-electron chi connectivity index (χ1n) is 9.37. The molecule has 0 spiro atoms. The van der Waals surface area contributed by atoms with Gasteiger partial charge in [0.25, 0.3) is 0 Å². The van der Waals surface area contributed by atoms with Crippen molar-refractivity contribution in [3.63, 3.8) is 0 Å². The summed E-state index contributed by atoms with van der Waals surface area (Å²) in [4.78, 5) is 12.1. The van der Waals surface area contributed by atoms with Crippen LogP contribution in [0.3, 0.4) is 0 Å². The van der Waals surface area contributed by atoms with Gasteiger partial charge in [-0.3, -0.25) is 0 Å². The molecule has 0 bridgehead atoms. The first-order chi connectivity index (χ1) is 14.2. The minimum absolute atomic E-state index is 0.763. The fraction of sp³-hybridized carbons (Fsp3) is 0. The fourth-order valence-electron chi connectivity index (χ4n) is 3.34. The number of nitrogens with zero attached hydrogens (tertiary/aromatic N) is 2. The molecule has 0 atom stereocenters. The molecule has 5 heteroatoms. The summed E-state index contributed by atoms with van der Waals surface area (Å²) in [6.07, 6.45) is 7.67. The second kappa shape index (κ2) is 7.13. The normalized spacial score (nSPS) is 11.4.